The molecule has 0 N–H and O–H groups in total. The summed E-state index contributed by atoms with van der Waals surface area (Å²) in [6, 6.07) is 11.5. The number of para-hydroxylation sites is 1. The number of hydrogen-bond donors (Lipinski definition) is 0. The maximum absolute atomic E-state index is 5.93. The molecule has 1 heterocycles. The third-order valence-corrected chi connectivity index (χ3v) is 6.88. The van der Waals surface area contributed by atoms with Gasteiger partial charge in [0.15, 0.2) is 0 Å². The fourth-order valence-electron chi connectivity index (χ4n) is 2.87. The Bertz CT molecular complexity index is 580. The van der Waals surface area contributed by atoms with E-state index in [2.05, 4.69) is 41.9 Å². The molecular formula is C17H27NO3Si. The summed E-state index contributed by atoms with van der Waals surface area (Å²) in [5.74, 6) is 0. The second-order valence-electron chi connectivity index (χ2n) is 5.24. The lowest BCUT2D eigenvalue weighted by molar-refractivity contribution is 0.0713. The molecule has 0 bridgehead atoms. The molecule has 0 atom stereocenters. The van der Waals surface area contributed by atoms with E-state index >= 15 is 0 Å². The first-order valence-corrected chi connectivity index (χ1v) is 10.0. The van der Waals surface area contributed by atoms with E-state index in [-0.39, 0.29) is 0 Å². The lowest BCUT2D eigenvalue weighted by atomic mass is 10.2. The van der Waals surface area contributed by atoms with E-state index in [4.69, 9.17) is 13.3 Å². The van der Waals surface area contributed by atoms with Crippen molar-refractivity contribution in [3.63, 3.8) is 0 Å². The van der Waals surface area contributed by atoms with E-state index < -0.39 is 8.80 Å². The van der Waals surface area contributed by atoms with Gasteiger partial charge in [-0.25, -0.2) is 0 Å². The van der Waals surface area contributed by atoms with Gasteiger partial charge in [-0.15, -0.1) is 0 Å². The van der Waals surface area contributed by atoms with Crippen molar-refractivity contribution in [2.24, 2.45) is 7.05 Å². The highest BCUT2D eigenvalue weighted by Gasteiger charge is 2.40. The molecule has 0 fully saturated rings. The molecule has 0 saturated heterocycles. The summed E-state index contributed by atoms with van der Waals surface area (Å²) >= 11 is 0. The predicted molar refractivity (Wildman–Crippen MR) is 92.1 cm³/mol. The molecule has 5 heteroatoms. The fraction of sp³-hybridized carbons (Fsp3) is 0.529. The summed E-state index contributed by atoms with van der Waals surface area (Å²) in [5.41, 5.74) is 2.55. The molecule has 0 spiro atoms. The van der Waals surface area contributed by atoms with Gasteiger partial charge >= 0.3 is 8.80 Å². The molecular weight excluding hydrogens is 294 g/mol. The van der Waals surface area contributed by atoms with Crippen LogP contribution in [0.2, 0.25) is 6.04 Å². The van der Waals surface area contributed by atoms with E-state index in [1.165, 1.54) is 16.6 Å². The number of rotatable bonds is 9. The SMILES string of the molecule is CCO[Si](CCc1cc2ccccc2n1C)(OCC)OCC. The number of fused-ring (bicyclic) bond motifs is 1. The molecule has 2 rings (SSSR count). The lowest BCUT2D eigenvalue weighted by Crippen LogP contribution is -2.46. The minimum Gasteiger partial charge on any atom is -0.374 e. The Kier molecular flexibility index (Phi) is 6.20. The molecule has 0 aliphatic carbocycles. The standard InChI is InChI=1S/C17H27NO3Si/c1-5-19-22(20-6-2,21-7-3)13-12-16-14-15-10-8-9-11-17(15)18(16)4/h8-11,14H,5-7,12-13H2,1-4H3. The maximum Gasteiger partial charge on any atom is 0.501 e. The van der Waals surface area contributed by atoms with Crippen LogP contribution in [0.25, 0.3) is 10.9 Å². The summed E-state index contributed by atoms with van der Waals surface area (Å²) < 4.78 is 20.0. The molecule has 0 unspecified atom stereocenters. The van der Waals surface area contributed by atoms with Crippen LogP contribution in [0.15, 0.2) is 30.3 Å². The molecule has 1 aromatic carbocycles. The van der Waals surface area contributed by atoms with Gasteiger partial charge in [-0.2, -0.15) is 0 Å². The highest BCUT2D eigenvalue weighted by atomic mass is 28.4. The normalized spacial score (nSPS) is 12.2. The highest BCUT2D eigenvalue weighted by Crippen LogP contribution is 2.23. The first-order chi connectivity index (χ1) is 10.7. The first-order valence-electron chi connectivity index (χ1n) is 8.11. The molecule has 1 aromatic heterocycles. The third kappa shape index (κ3) is 3.79. The van der Waals surface area contributed by atoms with Gasteiger partial charge in [-0.05, 0) is 44.7 Å². The zero-order chi connectivity index (χ0) is 16.0. The number of hydrogen-bond acceptors (Lipinski definition) is 3. The van der Waals surface area contributed by atoms with Crippen molar-refractivity contribution in [1.82, 2.24) is 4.57 Å². The molecule has 22 heavy (non-hydrogen) atoms. The highest BCUT2D eigenvalue weighted by molar-refractivity contribution is 6.60. The van der Waals surface area contributed by atoms with Gasteiger partial charge in [0.05, 0.1) is 0 Å². The average molecular weight is 321 g/mol. The summed E-state index contributed by atoms with van der Waals surface area (Å²) in [5, 5.41) is 1.27. The molecule has 2 aromatic rings. The van der Waals surface area contributed by atoms with Crippen LogP contribution in [0.1, 0.15) is 26.5 Å². The van der Waals surface area contributed by atoms with Crippen molar-refractivity contribution in [2.45, 2.75) is 33.2 Å². The van der Waals surface area contributed by atoms with Crippen LogP contribution in [0.5, 0.6) is 0 Å². The van der Waals surface area contributed by atoms with E-state index in [1.54, 1.807) is 0 Å². The Morgan fingerprint density at radius 3 is 2.09 bits per heavy atom. The Morgan fingerprint density at radius 2 is 1.55 bits per heavy atom. The molecule has 0 saturated carbocycles. The van der Waals surface area contributed by atoms with Crippen molar-refractivity contribution in [3.8, 4) is 0 Å². The number of aryl methyl sites for hydroxylation is 2. The summed E-state index contributed by atoms with van der Waals surface area (Å²) in [7, 11) is -0.449. The Morgan fingerprint density at radius 1 is 0.955 bits per heavy atom. The van der Waals surface area contributed by atoms with Crippen molar-refractivity contribution >= 4 is 19.7 Å². The van der Waals surface area contributed by atoms with Gasteiger partial charge in [-0.1, -0.05) is 18.2 Å². The van der Waals surface area contributed by atoms with Crippen LogP contribution in [0, 0.1) is 0 Å². The topological polar surface area (TPSA) is 32.6 Å². The van der Waals surface area contributed by atoms with Gasteiger partial charge in [0.2, 0.25) is 0 Å². The largest absolute Gasteiger partial charge is 0.501 e. The quantitative estimate of drug-likeness (QED) is 0.659. The molecule has 122 valence electrons. The van der Waals surface area contributed by atoms with E-state index in [1.807, 2.05) is 20.8 Å². The summed E-state index contributed by atoms with van der Waals surface area (Å²) in [6.07, 6.45) is 0.900. The monoisotopic (exact) mass is 321 g/mol. The third-order valence-electron chi connectivity index (χ3n) is 3.83. The molecule has 0 aliphatic heterocycles. The van der Waals surface area contributed by atoms with E-state index in [0.29, 0.717) is 19.8 Å². The fourth-order valence-corrected chi connectivity index (χ4v) is 5.43. The van der Waals surface area contributed by atoms with E-state index in [9.17, 15) is 0 Å². The summed E-state index contributed by atoms with van der Waals surface area (Å²) in [6.45, 7) is 7.87. The molecule has 4 nitrogen and oxygen atoms in total. The van der Waals surface area contributed by atoms with Gasteiger partial charge in [0, 0.05) is 44.1 Å². The molecule has 0 radical (unpaired) electrons. The number of nitrogens with zero attached hydrogens (tertiary/aromatic N) is 1. The minimum absolute atomic E-state index is 0.626. The van der Waals surface area contributed by atoms with Crippen molar-refractivity contribution in [1.29, 1.82) is 0 Å². The van der Waals surface area contributed by atoms with Crippen molar-refractivity contribution < 1.29 is 13.3 Å². The van der Waals surface area contributed by atoms with Crippen LogP contribution in [-0.4, -0.2) is 33.2 Å². The first kappa shape index (κ1) is 17.2. The summed E-state index contributed by atoms with van der Waals surface area (Å²) in [4.78, 5) is 0. The zero-order valence-electron chi connectivity index (χ0n) is 14.1. The Balaban J connectivity index is 2.17. The van der Waals surface area contributed by atoms with Gasteiger partial charge in [0.25, 0.3) is 0 Å². The van der Waals surface area contributed by atoms with Crippen molar-refractivity contribution in [3.05, 3.63) is 36.0 Å². The lowest BCUT2D eigenvalue weighted by Gasteiger charge is -2.28. The van der Waals surface area contributed by atoms with E-state index in [0.717, 1.165) is 12.5 Å². The number of aromatic nitrogens is 1. The predicted octanol–water partition coefficient (Wildman–Crippen LogP) is 3.77. The van der Waals surface area contributed by atoms with Gasteiger partial charge < -0.3 is 17.8 Å². The smallest absolute Gasteiger partial charge is 0.374 e. The second-order valence-corrected chi connectivity index (χ2v) is 7.97. The zero-order valence-corrected chi connectivity index (χ0v) is 15.1. The van der Waals surface area contributed by atoms with Crippen molar-refractivity contribution in [2.75, 3.05) is 19.8 Å². The van der Waals surface area contributed by atoms with Crippen LogP contribution in [0.4, 0.5) is 0 Å². The van der Waals surface area contributed by atoms with Crippen LogP contribution >= 0.6 is 0 Å². The Labute approximate surface area is 134 Å². The van der Waals surface area contributed by atoms with Gasteiger partial charge in [0.1, 0.15) is 0 Å². The number of benzene rings is 1. The van der Waals surface area contributed by atoms with Crippen LogP contribution in [0.3, 0.4) is 0 Å². The van der Waals surface area contributed by atoms with Crippen LogP contribution < -0.4 is 0 Å². The Hall–Kier alpha value is -1.14. The van der Waals surface area contributed by atoms with Crippen LogP contribution in [-0.2, 0) is 26.7 Å². The average Bonchev–Trinajstić information content (AvgIpc) is 2.83. The minimum atomic E-state index is -2.56. The second kappa shape index (κ2) is 7.92. The maximum atomic E-state index is 5.93. The molecule has 0 aliphatic rings. The molecule has 0 amide bonds. The van der Waals surface area contributed by atoms with Gasteiger partial charge in [-0.3, -0.25) is 0 Å².